The molecule has 0 spiro atoms. The summed E-state index contributed by atoms with van der Waals surface area (Å²) in [5, 5.41) is 0. The van der Waals surface area contributed by atoms with Crippen molar-refractivity contribution in [1.29, 1.82) is 0 Å². The van der Waals surface area contributed by atoms with Crippen LogP contribution in [0.2, 0.25) is 0 Å². The van der Waals surface area contributed by atoms with E-state index < -0.39 is 0 Å². The number of hydrogen-bond donors (Lipinski definition) is 0. The summed E-state index contributed by atoms with van der Waals surface area (Å²) in [6, 6.07) is 0. The Morgan fingerprint density at radius 3 is 0.812 bits per heavy atom. The standard InChI is InChI=1S/C14H28O.Li.H/c1-11(2,3)14(10-15,12(4,5)6)13(7,8)9;;/h10H,1-9H3;;. The first-order valence-electron chi connectivity index (χ1n) is 5.77. The minimum atomic E-state index is -0.326. The van der Waals surface area contributed by atoms with Gasteiger partial charge < -0.3 is 4.79 Å². The van der Waals surface area contributed by atoms with Gasteiger partial charge in [-0.15, -0.1) is 0 Å². The van der Waals surface area contributed by atoms with Crippen molar-refractivity contribution in [1.82, 2.24) is 0 Å². The molecule has 16 heavy (non-hydrogen) atoms. The molecule has 0 aromatic carbocycles. The van der Waals surface area contributed by atoms with Crippen molar-refractivity contribution in [3.8, 4) is 0 Å². The number of carbonyl (C=O) groups excluding carboxylic acids is 1. The number of aldehydes is 1. The predicted octanol–water partition coefficient (Wildman–Crippen LogP) is 3.66. The fourth-order valence-electron chi connectivity index (χ4n) is 3.91. The van der Waals surface area contributed by atoms with Crippen LogP contribution in [0.1, 0.15) is 62.3 Å². The Hall–Kier alpha value is 0.267. The first-order valence-corrected chi connectivity index (χ1v) is 5.77. The van der Waals surface area contributed by atoms with E-state index in [1.807, 2.05) is 0 Å². The second kappa shape index (κ2) is 4.87. The van der Waals surface area contributed by atoms with Crippen LogP contribution in [-0.4, -0.2) is 25.1 Å². The third-order valence-electron chi connectivity index (χ3n) is 3.73. The van der Waals surface area contributed by atoms with E-state index in [4.69, 9.17) is 0 Å². The molecule has 0 aliphatic rings. The average molecular weight is 220 g/mol. The van der Waals surface area contributed by atoms with Gasteiger partial charge >= 0.3 is 18.9 Å². The summed E-state index contributed by atoms with van der Waals surface area (Å²) >= 11 is 0. The molecular formula is C14H29LiO. The van der Waals surface area contributed by atoms with Crippen LogP contribution in [0.5, 0.6) is 0 Å². The molecule has 0 aliphatic carbocycles. The molecule has 0 atom stereocenters. The summed E-state index contributed by atoms with van der Waals surface area (Å²) in [6.45, 7) is 19.5. The van der Waals surface area contributed by atoms with E-state index in [2.05, 4.69) is 62.3 Å². The molecule has 0 radical (unpaired) electrons. The van der Waals surface area contributed by atoms with Crippen molar-refractivity contribution in [3.05, 3.63) is 0 Å². The van der Waals surface area contributed by atoms with Crippen LogP contribution < -0.4 is 0 Å². The summed E-state index contributed by atoms with van der Waals surface area (Å²) in [7, 11) is 0. The van der Waals surface area contributed by atoms with Crippen LogP contribution in [0.15, 0.2) is 0 Å². The molecule has 0 N–H and O–H groups in total. The Kier molecular flexibility index (Phi) is 5.67. The van der Waals surface area contributed by atoms with Crippen molar-refractivity contribution in [2.45, 2.75) is 62.3 Å². The Bertz CT molecular complexity index is 199. The molecular weight excluding hydrogens is 191 g/mol. The maximum absolute atomic E-state index is 11.8. The zero-order chi connectivity index (χ0) is 12.7. The molecule has 0 saturated carbocycles. The molecule has 0 bridgehead atoms. The molecule has 0 amide bonds. The normalized spacial score (nSPS) is 14.3. The maximum atomic E-state index is 11.8. The molecule has 0 aromatic rings. The van der Waals surface area contributed by atoms with Crippen molar-refractivity contribution in [3.63, 3.8) is 0 Å². The van der Waals surface area contributed by atoms with E-state index >= 15 is 0 Å². The Morgan fingerprint density at radius 1 is 0.625 bits per heavy atom. The molecule has 0 aliphatic heterocycles. The molecule has 0 fully saturated rings. The first-order chi connectivity index (χ1) is 6.31. The second-order valence-electron chi connectivity index (χ2n) is 7.68. The molecule has 0 heterocycles. The SMILES string of the molecule is CC(C)(C)C(C=O)(C(C)(C)C)C(C)(C)C.[LiH]. The van der Waals surface area contributed by atoms with Crippen molar-refractivity contribution < 1.29 is 4.79 Å². The van der Waals surface area contributed by atoms with Gasteiger partial charge in [0.25, 0.3) is 0 Å². The van der Waals surface area contributed by atoms with Gasteiger partial charge in [-0.25, -0.2) is 0 Å². The zero-order valence-corrected chi connectivity index (χ0v) is 12.0. The van der Waals surface area contributed by atoms with E-state index in [9.17, 15) is 4.79 Å². The molecule has 2 heteroatoms. The number of hydrogen-bond acceptors (Lipinski definition) is 1. The summed E-state index contributed by atoms with van der Waals surface area (Å²) in [5.41, 5.74) is -0.436. The number of carbonyl (C=O) groups is 1. The van der Waals surface area contributed by atoms with Crippen molar-refractivity contribution in [2.24, 2.45) is 21.7 Å². The van der Waals surface area contributed by atoms with Crippen LogP contribution in [-0.2, 0) is 4.79 Å². The first kappa shape index (κ1) is 18.6. The molecule has 0 unspecified atom stereocenters. The van der Waals surface area contributed by atoms with Gasteiger partial charge in [0.1, 0.15) is 6.29 Å². The van der Waals surface area contributed by atoms with Gasteiger partial charge in [0.2, 0.25) is 0 Å². The predicted molar refractivity (Wildman–Crippen MR) is 74.0 cm³/mol. The van der Waals surface area contributed by atoms with Crippen LogP contribution in [0.4, 0.5) is 0 Å². The van der Waals surface area contributed by atoms with Crippen LogP contribution >= 0.6 is 0 Å². The number of rotatable bonds is 1. The van der Waals surface area contributed by atoms with Gasteiger partial charge in [0.15, 0.2) is 0 Å². The summed E-state index contributed by atoms with van der Waals surface area (Å²) in [6.07, 6.45) is 1.19. The van der Waals surface area contributed by atoms with E-state index in [1.165, 1.54) is 6.29 Å². The minimum absolute atomic E-state index is 0. The Balaban J connectivity index is 0. The van der Waals surface area contributed by atoms with E-state index in [0.717, 1.165) is 0 Å². The quantitative estimate of drug-likeness (QED) is 0.487. The topological polar surface area (TPSA) is 17.1 Å². The third kappa shape index (κ3) is 2.74. The third-order valence-corrected chi connectivity index (χ3v) is 3.73. The molecule has 0 rings (SSSR count). The summed E-state index contributed by atoms with van der Waals surface area (Å²) in [4.78, 5) is 11.8. The van der Waals surface area contributed by atoms with Crippen LogP contribution in [0.25, 0.3) is 0 Å². The second-order valence-corrected chi connectivity index (χ2v) is 7.68. The molecule has 0 saturated heterocycles. The molecule has 0 aromatic heterocycles. The fraction of sp³-hybridized carbons (Fsp3) is 0.929. The molecule has 1 nitrogen and oxygen atoms in total. The summed E-state index contributed by atoms with van der Waals surface area (Å²) < 4.78 is 0. The van der Waals surface area contributed by atoms with Gasteiger partial charge in [-0.2, -0.15) is 0 Å². The van der Waals surface area contributed by atoms with E-state index in [-0.39, 0.29) is 40.5 Å². The van der Waals surface area contributed by atoms with E-state index in [1.54, 1.807) is 0 Å². The van der Waals surface area contributed by atoms with Crippen LogP contribution in [0, 0.1) is 21.7 Å². The van der Waals surface area contributed by atoms with Crippen molar-refractivity contribution >= 4 is 25.1 Å². The van der Waals surface area contributed by atoms with Crippen molar-refractivity contribution in [2.75, 3.05) is 0 Å². The zero-order valence-electron chi connectivity index (χ0n) is 12.0. The summed E-state index contributed by atoms with van der Waals surface area (Å²) in [5.74, 6) is 0. The fourth-order valence-corrected chi connectivity index (χ4v) is 3.91. The molecule has 92 valence electrons. The monoisotopic (exact) mass is 220 g/mol. The van der Waals surface area contributed by atoms with Gasteiger partial charge in [0, 0.05) is 5.41 Å². The van der Waals surface area contributed by atoms with E-state index in [0.29, 0.717) is 0 Å². The Morgan fingerprint density at radius 2 is 0.812 bits per heavy atom. The average Bonchev–Trinajstić information content (AvgIpc) is 1.76. The van der Waals surface area contributed by atoms with Gasteiger partial charge in [-0.1, -0.05) is 62.3 Å². The van der Waals surface area contributed by atoms with Crippen LogP contribution in [0.3, 0.4) is 0 Å². The van der Waals surface area contributed by atoms with Gasteiger partial charge in [-0.05, 0) is 16.2 Å². The van der Waals surface area contributed by atoms with Gasteiger partial charge in [0.05, 0.1) is 0 Å². The Labute approximate surface area is 114 Å². The van der Waals surface area contributed by atoms with Gasteiger partial charge in [-0.3, -0.25) is 0 Å².